The number of hydrogen-bond donors (Lipinski definition) is 2. The van der Waals surface area contributed by atoms with Crippen LogP contribution in [0.1, 0.15) is 30.3 Å². The van der Waals surface area contributed by atoms with Crippen LogP contribution in [0.3, 0.4) is 0 Å². The molecule has 2 aromatic rings. The summed E-state index contributed by atoms with van der Waals surface area (Å²) in [7, 11) is 0. The van der Waals surface area contributed by atoms with E-state index in [0.29, 0.717) is 0 Å². The van der Waals surface area contributed by atoms with E-state index in [1.807, 2.05) is 6.20 Å². The molecule has 0 amide bonds. The summed E-state index contributed by atoms with van der Waals surface area (Å²) in [5.74, 6) is 0. The highest BCUT2D eigenvalue weighted by molar-refractivity contribution is 5.14. The van der Waals surface area contributed by atoms with Gasteiger partial charge in [-0.15, -0.1) is 0 Å². The number of nitrogens with zero attached hydrogens (tertiary/aromatic N) is 2. The molecule has 0 fully saturated rings. The molecule has 98 valence electrons. The van der Waals surface area contributed by atoms with E-state index >= 15 is 0 Å². The molecule has 2 aromatic heterocycles. The zero-order valence-corrected chi connectivity index (χ0v) is 11.2. The Morgan fingerprint density at radius 3 is 3.06 bits per heavy atom. The fourth-order valence-corrected chi connectivity index (χ4v) is 2.17. The van der Waals surface area contributed by atoms with Crippen molar-refractivity contribution in [1.29, 1.82) is 0 Å². The van der Waals surface area contributed by atoms with Gasteiger partial charge in [0.05, 0.1) is 6.20 Å². The molecule has 4 heteroatoms. The molecule has 0 aliphatic rings. The average Bonchev–Trinajstić information content (AvgIpc) is 2.98. The second-order valence-electron chi connectivity index (χ2n) is 4.59. The van der Waals surface area contributed by atoms with Crippen molar-refractivity contribution in [3.8, 4) is 0 Å². The standard InChI is InChI=1S/C14H22N4/c1-3-18-9-5-7-14(18)11-15-8-4-6-13-10-16-17-12(13)2/h5,7,9-10,15H,3-4,6,8,11H2,1-2H3,(H,16,17). The van der Waals surface area contributed by atoms with Crippen LogP contribution in [0.25, 0.3) is 0 Å². The van der Waals surface area contributed by atoms with Gasteiger partial charge in [0, 0.05) is 30.7 Å². The Morgan fingerprint density at radius 1 is 1.44 bits per heavy atom. The molecule has 2 N–H and O–H groups in total. The van der Waals surface area contributed by atoms with E-state index in [1.54, 1.807) is 0 Å². The lowest BCUT2D eigenvalue weighted by Crippen LogP contribution is -2.17. The summed E-state index contributed by atoms with van der Waals surface area (Å²) in [5, 5.41) is 10.5. The molecule has 2 rings (SSSR count). The molecule has 0 saturated carbocycles. The lowest BCUT2D eigenvalue weighted by molar-refractivity contribution is 0.609. The van der Waals surface area contributed by atoms with Crippen LogP contribution in [0.5, 0.6) is 0 Å². The number of hydrogen-bond acceptors (Lipinski definition) is 2. The number of aryl methyl sites for hydroxylation is 3. The van der Waals surface area contributed by atoms with Crippen molar-refractivity contribution in [2.45, 2.75) is 39.8 Å². The van der Waals surface area contributed by atoms with Gasteiger partial charge in [0.15, 0.2) is 0 Å². The third-order valence-electron chi connectivity index (χ3n) is 3.30. The van der Waals surface area contributed by atoms with Crippen molar-refractivity contribution < 1.29 is 0 Å². The molecule has 18 heavy (non-hydrogen) atoms. The van der Waals surface area contributed by atoms with Crippen molar-refractivity contribution in [2.24, 2.45) is 0 Å². The summed E-state index contributed by atoms with van der Waals surface area (Å²) >= 11 is 0. The number of rotatable bonds is 7. The van der Waals surface area contributed by atoms with Gasteiger partial charge in [0.25, 0.3) is 0 Å². The minimum absolute atomic E-state index is 0.950. The molecule has 0 radical (unpaired) electrons. The zero-order valence-electron chi connectivity index (χ0n) is 11.2. The minimum atomic E-state index is 0.950. The monoisotopic (exact) mass is 246 g/mol. The first-order valence-corrected chi connectivity index (χ1v) is 6.65. The number of nitrogens with one attached hydrogen (secondary N) is 2. The molecule has 0 aromatic carbocycles. The maximum atomic E-state index is 4.04. The largest absolute Gasteiger partial charge is 0.351 e. The van der Waals surface area contributed by atoms with Crippen molar-refractivity contribution >= 4 is 0 Å². The number of aromatic amines is 1. The Hall–Kier alpha value is -1.55. The Morgan fingerprint density at radius 2 is 2.33 bits per heavy atom. The quantitative estimate of drug-likeness (QED) is 0.736. The lowest BCUT2D eigenvalue weighted by atomic mass is 10.1. The van der Waals surface area contributed by atoms with Crippen molar-refractivity contribution in [1.82, 2.24) is 20.1 Å². The molecule has 0 bridgehead atoms. The topological polar surface area (TPSA) is 45.6 Å². The Labute approximate surface area is 108 Å². The van der Waals surface area contributed by atoms with E-state index in [9.17, 15) is 0 Å². The van der Waals surface area contributed by atoms with E-state index in [0.717, 1.165) is 32.5 Å². The van der Waals surface area contributed by atoms with E-state index in [4.69, 9.17) is 0 Å². The first-order valence-electron chi connectivity index (χ1n) is 6.65. The molecule has 0 saturated heterocycles. The van der Waals surface area contributed by atoms with Crippen LogP contribution >= 0.6 is 0 Å². The predicted molar refractivity (Wildman–Crippen MR) is 73.5 cm³/mol. The van der Waals surface area contributed by atoms with Crippen LogP contribution < -0.4 is 5.32 Å². The van der Waals surface area contributed by atoms with Crippen LogP contribution in [0, 0.1) is 6.92 Å². The highest BCUT2D eigenvalue weighted by Crippen LogP contribution is 2.05. The van der Waals surface area contributed by atoms with Crippen LogP contribution in [0.2, 0.25) is 0 Å². The highest BCUT2D eigenvalue weighted by atomic mass is 15.1. The van der Waals surface area contributed by atoms with Crippen LogP contribution in [-0.2, 0) is 19.5 Å². The summed E-state index contributed by atoms with van der Waals surface area (Å²) in [4.78, 5) is 0. The predicted octanol–water partition coefficient (Wildman–Crippen LogP) is 2.26. The second-order valence-corrected chi connectivity index (χ2v) is 4.59. The zero-order chi connectivity index (χ0) is 12.8. The third-order valence-corrected chi connectivity index (χ3v) is 3.30. The molecular formula is C14H22N4. The number of H-pyrrole nitrogens is 1. The maximum absolute atomic E-state index is 4.04. The SMILES string of the molecule is CCn1cccc1CNCCCc1cn[nH]c1C. The van der Waals surface area contributed by atoms with Gasteiger partial charge in [-0.1, -0.05) is 0 Å². The van der Waals surface area contributed by atoms with E-state index < -0.39 is 0 Å². The smallest absolute Gasteiger partial charge is 0.0522 e. The maximum Gasteiger partial charge on any atom is 0.0522 e. The normalized spacial score (nSPS) is 11.0. The molecule has 0 atom stereocenters. The summed E-state index contributed by atoms with van der Waals surface area (Å²) in [6.45, 7) is 7.28. The van der Waals surface area contributed by atoms with Crippen molar-refractivity contribution in [3.63, 3.8) is 0 Å². The van der Waals surface area contributed by atoms with Gasteiger partial charge in [-0.25, -0.2) is 0 Å². The Balaban J connectivity index is 1.66. The number of aromatic nitrogens is 3. The summed E-state index contributed by atoms with van der Waals surface area (Å²) in [5.41, 5.74) is 3.88. The van der Waals surface area contributed by atoms with Crippen molar-refractivity contribution in [2.75, 3.05) is 6.54 Å². The Bertz CT molecular complexity index is 470. The van der Waals surface area contributed by atoms with Crippen LogP contribution in [0.15, 0.2) is 24.5 Å². The summed E-state index contributed by atoms with van der Waals surface area (Å²) in [6.07, 6.45) is 6.29. The van der Waals surface area contributed by atoms with Gasteiger partial charge in [0.1, 0.15) is 0 Å². The third kappa shape index (κ3) is 3.23. The van der Waals surface area contributed by atoms with Crippen molar-refractivity contribution in [3.05, 3.63) is 41.5 Å². The molecule has 0 aliphatic carbocycles. The van der Waals surface area contributed by atoms with E-state index in [2.05, 4.69) is 52.3 Å². The van der Waals surface area contributed by atoms with Crippen LogP contribution in [-0.4, -0.2) is 21.3 Å². The van der Waals surface area contributed by atoms with E-state index in [1.165, 1.54) is 17.0 Å². The minimum Gasteiger partial charge on any atom is -0.351 e. The fraction of sp³-hybridized carbons (Fsp3) is 0.500. The molecular weight excluding hydrogens is 224 g/mol. The van der Waals surface area contributed by atoms with Gasteiger partial charge in [-0.3, -0.25) is 5.10 Å². The van der Waals surface area contributed by atoms with Gasteiger partial charge in [-0.05, 0) is 50.9 Å². The fourth-order valence-electron chi connectivity index (χ4n) is 2.17. The first-order chi connectivity index (χ1) is 8.81. The van der Waals surface area contributed by atoms with Gasteiger partial charge >= 0.3 is 0 Å². The molecule has 2 heterocycles. The van der Waals surface area contributed by atoms with Gasteiger partial charge in [0.2, 0.25) is 0 Å². The summed E-state index contributed by atoms with van der Waals surface area (Å²) < 4.78 is 2.27. The van der Waals surface area contributed by atoms with Gasteiger partial charge in [-0.2, -0.15) is 5.10 Å². The first kappa shape index (κ1) is 12.9. The highest BCUT2D eigenvalue weighted by Gasteiger charge is 2.01. The lowest BCUT2D eigenvalue weighted by Gasteiger charge is -2.07. The van der Waals surface area contributed by atoms with Gasteiger partial charge < -0.3 is 9.88 Å². The summed E-state index contributed by atoms with van der Waals surface area (Å²) in [6, 6.07) is 4.28. The molecule has 0 spiro atoms. The van der Waals surface area contributed by atoms with Crippen LogP contribution in [0.4, 0.5) is 0 Å². The van der Waals surface area contributed by atoms with E-state index in [-0.39, 0.29) is 0 Å². The Kier molecular flexibility index (Phi) is 4.59. The molecule has 4 nitrogen and oxygen atoms in total. The molecule has 0 aliphatic heterocycles. The average molecular weight is 246 g/mol. The molecule has 0 unspecified atom stereocenters. The second kappa shape index (κ2) is 6.40.